The molecule has 0 spiro atoms. The predicted molar refractivity (Wildman–Crippen MR) is 157 cm³/mol. The van der Waals surface area contributed by atoms with Crippen molar-refractivity contribution >= 4 is 71.5 Å². The molecule has 184 valence electrons. The van der Waals surface area contributed by atoms with Gasteiger partial charge in [-0.3, -0.25) is 14.5 Å². The summed E-state index contributed by atoms with van der Waals surface area (Å²) in [6, 6.07) is 20.7. The average Bonchev–Trinajstić information content (AvgIpc) is 3.65. The van der Waals surface area contributed by atoms with Crippen LogP contribution in [0.5, 0.6) is 0 Å². The first-order valence-corrected chi connectivity index (χ1v) is 13.2. The fourth-order valence-electron chi connectivity index (χ4n) is 6.34. The molecule has 6 heteroatoms. The number of fused-ring (bicyclic) bond motifs is 10. The zero-order valence-corrected chi connectivity index (χ0v) is 20.9. The minimum absolute atomic E-state index is 0.839. The van der Waals surface area contributed by atoms with E-state index in [1.54, 1.807) is 0 Å². The molecular formula is C33H21N5O. The Kier molecular flexibility index (Phi) is 4.08. The fraction of sp³-hybridized carbons (Fsp3) is 0.0606. The molecule has 1 aliphatic rings. The van der Waals surface area contributed by atoms with Gasteiger partial charge in [-0.2, -0.15) is 0 Å². The van der Waals surface area contributed by atoms with Crippen LogP contribution in [0.25, 0.3) is 77.2 Å². The number of hydrogen-bond donors (Lipinski definition) is 0. The quantitative estimate of drug-likeness (QED) is 0.239. The van der Waals surface area contributed by atoms with Gasteiger partial charge in [0.1, 0.15) is 11.2 Å². The van der Waals surface area contributed by atoms with E-state index >= 15 is 0 Å². The van der Waals surface area contributed by atoms with Crippen LogP contribution in [0.15, 0.2) is 108 Å². The second-order valence-electron chi connectivity index (χ2n) is 10.0. The van der Waals surface area contributed by atoms with E-state index in [0.29, 0.717) is 0 Å². The van der Waals surface area contributed by atoms with Crippen LogP contribution in [0.3, 0.4) is 0 Å². The maximum atomic E-state index is 6.50. The lowest BCUT2D eigenvalue weighted by Gasteiger charge is -2.13. The maximum Gasteiger partial charge on any atom is 0.159 e. The Labute approximate surface area is 222 Å². The van der Waals surface area contributed by atoms with E-state index in [4.69, 9.17) is 14.4 Å². The van der Waals surface area contributed by atoms with E-state index in [-0.39, 0.29) is 0 Å². The van der Waals surface area contributed by atoms with Crippen molar-refractivity contribution in [2.24, 2.45) is 0 Å². The summed E-state index contributed by atoms with van der Waals surface area (Å²) in [6.07, 6.45) is 16.2. The molecule has 2 aromatic carbocycles. The van der Waals surface area contributed by atoms with E-state index in [9.17, 15) is 0 Å². The molecule has 9 rings (SSSR count). The van der Waals surface area contributed by atoms with E-state index < -0.39 is 0 Å². The summed E-state index contributed by atoms with van der Waals surface area (Å²) >= 11 is 0. The summed E-state index contributed by atoms with van der Waals surface area (Å²) in [5, 5.41) is 5.48. The Morgan fingerprint density at radius 1 is 0.744 bits per heavy atom. The van der Waals surface area contributed by atoms with Crippen molar-refractivity contribution in [3.8, 4) is 5.69 Å². The molecule has 6 aromatic heterocycles. The summed E-state index contributed by atoms with van der Waals surface area (Å²) in [6.45, 7) is 0. The molecule has 39 heavy (non-hydrogen) atoms. The number of pyridine rings is 3. The second-order valence-corrected chi connectivity index (χ2v) is 10.0. The lowest BCUT2D eigenvalue weighted by atomic mass is 10.1. The first kappa shape index (κ1) is 20.8. The maximum absolute atomic E-state index is 6.50. The largest absolute Gasteiger partial charge is 0.454 e. The molecule has 0 fully saturated rings. The highest BCUT2D eigenvalue weighted by atomic mass is 16.3. The van der Waals surface area contributed by atoms with Crippen LogP contribution < -0.4 is 0 Å². The van der Waals surface area contributed by atoms with E-state index in [1.165, 1.54) is 5.70 Å². The summed E-state index contributed by atoms with van der Waals surface area (Å²) in [4.78, 5) is 14.5. The van der Waals surface area contributed by atoms with E-state index in [1.807, 2.05) is 43.0 Å². The molecule has 0 amide bonds. The fourth-order valence-corrected chi connectivity index (χ4v) is 6.34. The van der Waals surface area contributed by atoms with Gasteiger partial charge in [-0.15, -0.1) is 0 Å². The van der Waals surface area contributed by atoms with Gasteiger partial charge in [-0.25, -0.2) is 4.98 Å². The molecule has 6 heterocycles. The van der Waals surface area contributed by atoms with Crippen molar-refractivity contribution in [2.75, 3.05) is 0 Å². The molecule has 0 saturated carbocycles. The number of nitrogens with zero attached hydrogens (tertiary/aromatic N) is 5. The van der Waals surface area contributed by atoms with Crippen molar-refractivity contribution in [1.82, 2.24) is 24.1 Å². The van der Waals surface area contributed by atoms with E-state index in [0.717, 1.165) is 84.3 Å². The molecule has 0 radical (unpaired) electrons. The van der Waals surface area contributed by atoms with Gasteiger partial charge in [0, 0.05) is 45.0 Å². The summed E-state index contributed by atoms with van der Waals surface area (Å²) in [7, 11) is 0. The van der Waals surface area contributed by atoms with Gasteiger partial charge in [0.15, 0.2) is 5.58 Å². The highest BCUT2D eigenvalue weighted by Crippen LogP contribution is 2.42. The van der Waals surface area contributed by atoms with Gasteiger partial charge in [0.2, 0.25) is 0 Å². The monoisotopic (exact) mass is 503 g/mol. The van der Waals surface area contributed by atoms with Crippen molar-refractivity contribution in [1.29, 1.82) is 0 Å². The Morgan fingerprint density at radius 3 is 2.62 bits per heavy atom. The van der Waals surface area contributed by atoms with Crippen LogP contribution in [-0.4, -0.2) is 24.1 Å². The number of hydrogen-bond acceptors (Lipinski definition) is 4. The highest BCUT2D eigenvalue weighted by Gasteiger charge is 2.24. The standard InChI is InChI=1S/C33H21N5O/c1-2-8-20(9-3-1)37-26-18-34-17-15-23(26)29-27(37)19-36-30-24-12-7-16-35-33(24)38(31(29)30)25-13-6-11-22-21-10-4-5-14-28(21)39-32(22)25/h1-2,4-8,10-19H,3,9H2. The Morgan fingerprint density at radius 2 is 1.67 bits per heavy atom. The molecule has 1 aliphatic carbocycles. The van der Waals surface area contributed by atoms with Gasteiger partial charge < -0.3 is 8.98 Å². The summed E-state index contributed by atoms with van der Waals surface area (Å²) < 4.78 is 11.1. The van der Waals surface area contributed by atoms with Crippen molar-refractivity contribution in [3.63, 3.8) is 0 Å². The lowest BCUT2D eigenvalue weighted by molar-refractivity contribution is 0.666. The molecule has 0 atom stereocenters. The van der Waals surface area contributed by atoms with Gasteiger partial charge >= 0.3 is 0 Å². The minimum atomic E-state index is 0.839. The highest BCUT2D eigenvalue weighted by molar-refractivity contribution is 6.25. The smallest absolute Gasteiger partial charge is 0.159 e. The van der Waals surface area contributed by atoms with Gasteiger partial charge in [0.25, 0.3) is 0 Å². The Bertz CT molecular complexity index is 2350. The molecule has 0 saturated heterocycles. The number of rotatable bonds is 2. The molecule has 0 N–H and O–H groups in total. The normalized spacial score (nSPS) is 14.0. The van der Waals surface area contributed by atoms with E-state index in [2.05, 4.69) is 74.8 Å². The lowest BCUT2D eigenvalue weighted by Crippen LogP contribution is -2.00. The average molecular weight is 504 g/mol. The van der Waals surface area contributed by atoms with Crippen LogP contribution >= 0.6 is 0 Å². The van der Waals surface area contributed by atoms with Crippen molar-refractivity contribution in [3.05, 3.63) is 104 Å². The molecule has 0 bridgehead atoms. The van der Waals surface area contributed by atoms with Gasteiger partial charge in [0.05, 0.1) is 40.1 Å². The summed E-state index contributed by atoms with van der Waals surface area (Å²) in [5.41, 5.74) is 8.85. The summed E-state index contributed by atoms with van der Waals surface area (Å²) in [5.74, 6) is 0. The molecule has 6 nitrogen and oxygen atoms in total. The van der Waals surface area contributed by atoms with Crippen LogP contribution in [0.4, 0.5) is 0 Å². The number of aromatic nitrogens is 5. The van der Waals surface area contributed by atoms with Crippen LogP contribution in [-0.2, 0) is 0 Å². The molecular weight excluding hydrogens is 482 g/mol. The predicted octanol–water partition coefficient (Wildman–Crippen LogP) is 8.17. The number of furan rings is 1. The Hall–Kier alpha value is -5.23. The molecule has 8 aromatic rings. The number of para-hydroxylation sites is 2. The van der Waals surface area contributed by atoms with Crippen LogP contribution in [0.2, 0.25) is 0 Å². The van der Waals surface area contributed by atoms with Gasteiger partial charge in [-0.1, -0.05) is 42.5 Å². The van der Waals surface area contributed by atoms with Crippen molar-refractivity contribution < 1.29 is 4.42 Å². The minimum Gasteiger partial charge on any atom is -0.454 e. The third-order valence-corrected chi connectivity index (χ3v) is 7.97. The first-order valence-electron chi connectivity index (χ1n) is 13.2. The van der Waals surface area contributed by atoms with Crippen molar-refractivity contribution in [2.45, 2.75) is 12.8 Å². The first-order chi connectivity index (χ1) is 19.4. The topological polar surface area (TPSA) is 61.7 Å². The molecule has 0 unspecified atom stereocenters. The second kappa shape index (κ2) is 7.65. The Balaban J connectivity index is 1.52. The van der Waals surface area contributed by atoms with Crippen LogP contribution in [0, 0.1) is 0 Å². The zero-order chi connectivity index (χ0) is 25.5. The number of allylic oxidation sites excluding steroid dienone is 4. The SMILES string of the molecule is C1=CCCC(n2c3cnccc3c3c2cnc2c4cccnc4n(-c4cccc5c4oc4ccccc45)c23)=C1. The number of benzene rings is 2. The zero-order valence-electron chi connectivity index (χ0n) is 20.9. The third-order valence-electron chi connectivity index (χ3n) is 7.97. The molecule has 0 aliphatic heterocycles. The van der Waals surface area contributed by atoms with Gasteiger partial charge in [-0.05, 0) is 49.2 Å². The third kappa shape index (κ3) is 2.72. The van der Waals surface area contributed by atoms with Crippen LogP contribution in [0.1, 0.15) is 12.8 Å².